The van der Waals surface area contributed by atoms with E-state index in [4.69, 9.17) is 0 Å². The fraction of sp³-hybridized carbons (Fsp3) is 0.0833. The molecule has 0 saturated carbocycles. The molecule has 1 aliphatic carbocycles. The number of nitrogens with one attached hydrogen (secondary N) is 2. The molecule has 0 fully saturated rings. The summed E-state index contributed by atoms with van der Waals surface area (Å²) in [6, 6.07) is 18.3. The van der Waals surface area contributed by atoms with Crippen molar-refractivity contribution in [3.8, 4) is 0 Å². The molecule has 26 heavy (non-hydrogen) atoms. The lowest BCUT2D eigenvalue weighted by atomic mass is 10.1. The van der Waals surface area contributed by atoms with Gasteiger partial charge in [0.15, 0.2) is 0 Å². The van der Waals surface area contributed by atoms with E-state index in [-0.39, 0.29) is 0 Å². The normalized spacial score (nSPS) is 13.3. The summed E-state index contributed by atoms with van der Waals surface area (Å²) in [5.74, 6) is 0. The van der Waals surface area contributed by atoms with Crippen molar-refractivity contribution in [1.29, 1.82) is 0 Å². The Hall–Kier alpha value is -3.26. The van der Waals surface area contributed by atoms with Crippen LogP contribution < -0.4 is 10.6 Å². The number of para-hydroxylation sites is 2. The van der Waals surface area contributed by atoms with Gasteiger partial charge >= 0.3 is 0 Å². The molecule has 0 heterocycles. The average molecular weight is 340 g/mol. The van der Waals surface area contributed by atoms with E-state index in [1.54, 1.807) is 0 Å². The van der Waals surface area contributed by atoms with Gasteiger partial charge in [-0.1, -0.05) is 73.9 Å². The highest BCUT2D eigenvalue weighted by molar-refractivity contribution is 5.75. The van der Waals surface area contributed by atoms with Crippen LogP contribution in [0.25, 0.3) is 5.57 Å². The Bertz CT molecular complexity index is 870. The Morgan fingerprint density at radius 2 is 1.62 bits per heavy atom. The highest BCUT2D eigenvalue weighted by Gasteiger charge is 2.05. The Morgan fingerprint density at radius 1 is 0.885 bits per heavy atom. The van der Waals surface area contributed by atoms with Gasteiger partial charge in [0.05, 0.1) is 11.4 Å². The standard InChI is InChI=1S/C24H24N2/c1-19(21-11-5-3-6-12-21)17-18-20(2)25-23-15-9-10-16-24(23)26-22-13-7-4-8-14-22/h3-7,9-13,15-18,25-26H,1-2,8,14H2/b18-17-. The maximum Gasteiger partial charge on any atom is 0.0623 e. The molecule has 1 aliphatic rings. The molecule has 2 aromatic rings. The van der Waals surface area contributed by atoms with E-state index in [9.17, 15) is 0 Å². The Labute approximate surface area is 156 Å². The summed E-state index contributed by atoms with van der Waals surface area (Å²) in [4.78, 5) is 0. The first-order valence-electron chi connectivity index (χ1n) is 8.82. The molecular weight excluding hydrogens is 316 g/mol. The molecule has 130 valence electrons. The average Bonchev–Trinajstić information content (AvgIpc) is 2.69. The fourth-order valence-electron chi connectivity index (χ4n) is 2.75. The van der Waals surface area contributed by atoms with Crippen molar-refractivity contribution in [3.63, 3.8) is 0 Å². The zero-order chi connectivity index (χ0) is 18.2. The SMILES string of the molecule is C=C(/C=C\C(=C)c1ccccc1)Nc1ccccc1NC1=CC=CCC1. The lowest BCUT2D eigenvalue weighted by molar-refractivity contribution is 0.967. The monoisotopic (exact) mass is 340 g/mol. The number of allylic oxidation sites excluding steroid dienone is 7. The van der Waals surface area contributed by atoms with Crippen LogP contribution in [0.3, 0.4) is 0 Å². The smallest absolute Gasteiger partial charge is 0.0623 e. The second-order valence-corrected chi connectivity index (χ2v) is 6.20. The molecule has 0 aromatic heterocycles. The summed E-state index contributed by atoms with van der Waals surface area (Å²) in [5.41, 5.74) is 6.15. The van der Waals surface area contributed by atoms with Crippen LogP contribution in [0.1, 0.15) is 18.4 Å². The van der Waals surface area contributed by atoms with Crippen molar-refractivity contribution in [2.75, 3.05) is 10.6 Å². The minimum atomic E-state index is 0.814. The number of benzene rings is 2. The lowest BCUT2D eigenvalue weighted by Gasteiger charge is -2.17. The van der Waals surface area contributed by atoms with Crippen molar-refractivity contribution >= 4 is 16.9 Å². The predicted octanol–water partition coefficient (Wildman–Crippen LogP) is 6.53. The van der Waals surface area contributed by atoms with Crippen LogP contribution in [0.4, 0.5) is 11.4 Å². The number of anilines is 2. The first kappa shape index (κ1) is 17.6. The van der Waals surface area contributed by atoms with E-state index in [1.165, 1.54) is 5.70 Å². The summed E-state index contributed by atoms with van der Waals surface area (Å²) in [7, 11) is 0. The van der Waals surface area contributed by atoms with Gasteiger partial charge in [-0.25, -0.2) is 0 Å². The van der Waals surface area contributed by atoms with Crippen molar-refractivity contribution in [2.24, 2.45) is 0 Å². The minimum Gasteiger partial charge on any atom is -0.357 e. The third-order valence-corrected chi connectivity index (χ3v) is 4.16. The maximum atomic E-state index is 4.12. The summed E-state index contributed by atoms with van der Waals surface area (Å²) in [6.07, 6.45) is 12.4. The van der Waals surface area contributed by atoms with Crippen LogP contribution in [0, 0.1) is 0 Å². The van der Waals surface area contributed by atoms with Gasteiger partial charge in [-0.05, 0) is 48.3 Å². The van der Waals surface area contributed by atoms with Gasteiger partial charge in [-0.2, -0.15) is 0 Å². The second-order valence-electron chi connectivity index (χ2n) is 6.20. The van der Waals surface area contributed by atoms with Crippen LogP contribution in [-0.2, 0) is 0 Å². The molecule has 2 N–H and O–H groups in total. The van der Waals surface area contributed by atoms with E-state index in [1.807, 2.05) is 48.6 Å². The molecule has 0 spiro atoms. The molecule has 0 unspecified atom stereocenters. The molecule has 0 atom stereocenters. The first-order chi connectivity index (χ1) is 12.7. The molecule has 2 heteroatoms. The van der Waals surface area contributed by atoms with Crippen LogP contribution >= 0.6 is 0 Å². The molecule has 2 aromatic carbocycles. The first-order valence-corrected chi connectivity index (χ1v) is 8.82. The number of hydrogen-bond donors (Lipinski definition) is 2. The zero-order valence-corrected chi connectivity index (χ0v) is 14.9. The molecule has 0 bridgehead atoms. The van der Waals surface area contributed by atoms with Gasteiger partial charge in [-0.3, -0.25) is 0 Å². The summed E-state index contributed by atoms with van der Waals surface area (Å²) < 4.78 is 0. The molecule has 0 aliphatic heterocycles. The van der Waals surface area contributed by atoms with Crippen molar-refractivity contribution in [1.82, 2.24) is 0 Å². The van der Waals surface area contributed by atoms with Gasteiger partial charge in [0, 0.05) is 11.4 Å². The largest absolute Gasteiger partial charge is 0.357 e. The summed E-state index contributed by atoms with van der Waals surface area (Å²) in [6.45, 7) is 8.23. The van der Waals surface area contributed by atoms with Crippen molar-refractivity contribution in [3.05, 3.63) is 115 Å². The summed E-state index contributed by atoms with van der Waals surface area (Å²) >= 11 is 0. The fourth-order valence-corrected chi connectivity index (χ4v) is 2.75. The van der Waals surface area contributed by atoms with E-state index in [2.05, 4.69) is 60.2 Å². The van der Waals surface area contributed by atoms with Crippen LogP contribution in [0.2, 0.25) is 0 Å². The molecule has 0 saturated heterocycles. The molecule has 3 rings (SSSR count). The Balaban J connectivity index is 1.66. The highest BCUT2D eigenvalue weighted by Crippen LogP contribution is 2.26. The Morgan fingerprint density at radius 3 is 2.35 bits per heavy atom. The van der Waals surface area contributed by atoms with Crippen molar-refractivity contribution in [2.45, 2.75) is 12.8 Å². The van der Waals surface area contributed by atoms with Gasteiger partial charge in [0.1, 0.15) is 0 Å². The molecular formula is C24H24N2. The van der Waals surface area contributed by atoms with Gasteiger partial charge in [0.25, 0.3) is 0 Å². The zero-order valence-electron chi connectivity index (χ0n) is 14.9. The number of rotatable bonds is 7. The third kappa shape index (κ3) is 4.87. The van der Waals surface area contributed by atoms with E-state index < -0.39 is 0 Å². The molecule has 2 nitrogen and oxygen atoms in total. The maximum absolute atomic E-state index is 4.12. The van der Waals surface area contributed by atoms with E-state index >= 15 is 0 Å². The van der Waals surface area contributed by atoms with Gasteiger partial charge < -0.3 is 10.6 Å². The quantitative estimate of drug-likeness (QED) is 0.560. The third-order valence-electron chi connectivity index (χ3n) is 4.16. The topological polar surface area (TPSA) is 24.1 Å². The van der Waals surface area contributed by atoms with E-state index in [0.717, 1.165) is 41.1 Å². The molecule has 0 amide bonds. The van der Waals surface area contributed by atoms with E-state index in [0.29, 0.717) is 0 Å². The van der Waals surface area contributed by atoms with Gasteiger partial charge in [-0.15, -0.1) is 0 Å². The van der Waals surface area contributed by atoms with Gasteiger partial charge in [0.2, 0.25) is 0 Å². The predicted molar refractivity (Wildman–Crippen MR) is 114 cm³/mol. The van der Waals surface area contributed by atoms with Crippen molar-refractivity contribution < 1.29 is 0 Å². The lowest BCUT2D eigenvalue weighted by Crippen LogP contribution is -2.05. The minimum absolute atomic E-state index is 0.814. The highest BCUT2D eigenvalue weighted by atomic mass is 15.0. The van der Waals surface area contributed by atoms with Crippen LogP contribution in [0.5, 0.6) is 0 Å². The summed E-state index contributed by atoms with van der Waals surface area (Å²) in [5, 5.41) is 6.89. The van der Waals surface area contributed by atoms with Crippen LogP contribution in [-0.4, -0.2) is 0 Å². The Kier molecular flexibility index (Phi) is 5.89. The molecule has 0 radical (unpaired) electrons. The number of hydrogen-bond acceptors (Lipinski definition) is 2. The van der Waals surface area contributed by atoms with Crippen LogP contribution in [0.15, 0.2) is 110 Å². The second kappa shape index (κ2) is 8.72.